The number of carbonyl (C=O) groups excluding carboxylic acids is 1. The van der Waals surface area contributed by atoms with Crippen molar-refractivity contribution >= 4 is 11.9 Å². The van der Waals surface area contributed by atoms with E-state index in [1.54, 1.807) is 5.57 Å². The fourth-order valence-corrected chi connectivity index (χ4v) is 11.5. The standard InChI is InChI=1S/C33H52O5/c1-19-10-13-29(4)16-17-31(6)22(26(29)20(19)2)18-23(37-9)27-30(5)14-12-25(38-21(3)34)33(8,28(35)36)24(30)11-15-32(27,31)7/h18-20,23-27H,10-17H2,1-9H3,(H,35,36). The normalized spacial score (nSPS) is 53.9. The highest BCUT2D eigenvalue weighted by atomic mass is 16.5. The minimum Gasteiger partial charge on any atom is -0.481 e. The molecule has 0 radical (unpaired) electrons. The van der Waals surface area contributed by atoms with Crippen LogP contribution in [0.15, 0.2) is 11.6 Å². The molecule has 38 heavy (non-hydrogen) atoms. The number of hydrogen-bond donors (Lipinski definition) is 1. The van der Waals surface area contributed by atoms with Crippen molar-refractivity contribution in [2.75, 3.05) is 7.11 Å². The van der Waals surface area contributed by atoms with Gasteiger partial charge in [0.05, 0.1) is 6.10 Å². The molecule has 4 fully saturated rings. The highest BCUT2D eigenvalue weighted by Gasteiger charge is 2.72. The maximum atomic E-state index is 13.0. The van der Waals surface area contributed by atoms with Crippen molar-refractivity contribution in [3.63, 3.8) is 0 Å². The summed E-state index contributed by atoms with van der Waals surface area (Å²) < 4.78 is 12.1. The zero-order valence-corrected chi connectivity index (χ0v) is 25.4. The van der Waals surface area contributed by atoms with Crippen molar-refractivity contribution in [1.82, 2.24) is 0 Å². The van der Waals surface area contributed by atoms with Gasteiger partial charge in [0.25, 0.3) is 0 Å². The van der Waals surface area contributed by atoms with Crippen LogP contribution in [0.2, 0.25) is 0 Å². The second-order valence-corrected chi connectivity index (χ2v) is 15.4. The maximum absolute atomic E-state index is 13.0. The summed E-state index contributed by atoms with van der Waals surface area (Å²) in [6, 6.07) is 0. The molecule has 5 heteroatoms. The van der Waals surface area contributed by atoms with Gasteiger partial charge in [-0.3, -0.25) is 9.59 Å². The van der Waals surface area contributed by atoms with Gasteiger partial charge < -0.3 is 14.6 Å². The number of fused-ring (bicyclic) bond motifs is 7. The average Bonchev–Trinajstić information content (AvgIpc) is 2.84. The first-order valence-corrected chi connectivity index (χ1v) is 15.3. The minimum atomic E-state index is -1.11. The van der Waals surface area contributed by atoms with E-state index >= 15 is 0 Å². The summed E-state index contributed by atoms with van der Waals surface area (Å²) in [6.07, 6.45) is 10.3. The van der Waals surface area contributed by atoms with E-state index in [-0.39, 0.29) is 40.2 Å². The van der Waals surface area contributed by atoms with Crippen LogP contribution >= 0.6 is 0 Å². The highest BCUT2D eigenvalue weighted by Crippen LogP contribution is 2.76. The van der Waals surface area contributed by atoms with E-state index in [4.69, 9.17) is 9.47 Å². The third kappa shape index (κ3) is 3.45. The smallest absolute Gasteiger partial charge is 0.313 e. The van der Waals surface area contributed by atoms with Crippen molar-refractivity contribution in [1.29, 1.82) is 0 Å². The van der Waals surface area contributed by atoms with E-state index in [9.17, 15) is 14.7 Å². The third-order valence-corrected chi connectivity index (χ3v) is 14.0. The van der Waals surface area contributed by atoms with E-state index in [0.29, 0.717) is 23.7 Å². The number of carboxylic acid groups (broad SMARTS) is 1. The first kappa shape index (κ1) is 28.2. The van der Waals surface area contributed by atoms with Gasteiger partial charge in [0.15, 0.2) is 0 Å². The number of aliphatic carboxylic acids is 1. The molecular formula is C33H52O5. The van der Waals surface area contributed by atoms with Gasteiger partial charge in [-0.1, -0.05) is 53.2 Å². The third-order valence-electron chi connectivity index (χ3n) is 14.0. The summed E-state index contributed by atoms with van der Waals surface area (Å²) in [5.74, 6) is 0.860. The molecule has 5 rings (SSSR count). The lowest BCUT2D eigenvalue weighted by Gasteiger charge is -2.72. The SMILES string of the molecule is COC1C=C2C3C(C)C(C)CCC3(C)CCC2(C)C2(C)CCC3C(C)(CCC(OC(C)=O)C3(C)C(=O)O)C12. The number of carboxylic acids is 1. The Labute approximate surface area is 230 Å². The summed E-state index contributed by atoms with van der Waals surface area (Å²) in [4.78, 5) is 25.0. The molecule has 0 heterocycles. The molecule has 12 unspecified atom stereocenters. The molecule has 0 spiro atoms. The van der Waals surface area contributed by atoms with Crippen LogP contribution < -0.4 is 0 Å². The van der Waals surface area contributed by atoms with E-state index in [1.165, 1.54) is 32.6 Å². The fourth-order valence-electron chi connectivity index (χ4n) is 11.5. The minimum absolute atomic E-state index is 0.0123. The monoisotopic (exact) mass is 528 g/mol. The predicted molar refractivity (Wildman–Crippen MR) is 148 cm³/mol. The van der Waals surface area contributed by atoms with Gasteiger partial charge in [0, 0.05) is 20.0 Å². The van der Waals surface area contributed by atoms with E-state index in [2.05, 4.69) is 47.6 Å². The summed E-state index contributed by atoms with van der Waals surface area (Å²) in [5, 5.41) is 10.6. The molecule has 1 N–H and O–H groups in total. The second kappa shape index (κ2) is 8.82. The van der Waals surface area contributed by atoms with E-state index in [1.807, 2.05) is 14.0 Å². The van der Waals surface area contributed by atoms with Crippen molar-refractivity contribution in [2.45, 2.75) is 119 Å². The van der Waals surface area contributed by atoms with Gasteiger partial charge in [0.1, 0.15) is 11.5 Å². The molecular weight excluding hydrogens is 476 g/mol. The molecule has 0 amide bonds. The number of carbonyl (C=O) groups is 2. The topological polar surface area (TPSA) is 72.8 Å². The van der Waals surface area contributed by atoms with Gasteiger partial charge >= 0.3 is 11.9 Å². The molecule has 0 aromatic carbocycles. The molecule has 5 nitrogen and oxygen atoms in total. The predicted octanol–water partition coefficient (Wildman–Crippen LogP) is 7.29. The van der Waals surface area contributed by atoms with Gasteiger partial charge in [-0.25, -0.2) is 0 Å². The number of methoxy groups -OCH3 is 1. The molecule has 4 saturated carbocycles. The Morgan fingerprint density at radius 2 is 1.63 bits per heavy atom. The van der Waals surface area contributed by atoms with Gasteiger partial charge in [-0.05, 0) is 104 Å². The van der Waals surface area contributed by atoms with Crippen LogP contribution in [0.1, 0.15) is 107 Å². The van der Waals surface area contributed by atoms with Crippen LogP contribution in [0.25, 0.3) is 0 Å². The average molecular weight is 529 g/mol. The number of allylic oxidation sites excluding steroid dienone is 1. The number of esters is 1. The molecule has 5 aliphatic rings. The first-order valence-electron chi connectivity index (χ1n) is 15.3. The Kier molecular flexibility index (Phi) is 6.54. The second-order valence-electron chi connectivity index (χ2n) is 15.4. The molecule has 214 valence electrons. The van der Waals surface area contributed by atoms with Crippen molar-refractivity contribution in [3.8, 4) is 0 Å². The number of rotatable bonds is 3. The Bertz CT molecular complexity index is 1030. The summed E-state index contributed by atoms with van der Waals surface area (Å²) in [5.41, 5.74) is 0.744. The lowest BCUT2D eigenvalue weighted by molar-refractivity contribution is -0.239. The first-order chi connectivity index (χ1) is 17.6. The van der Waals surface area contributed by atoms with Gasteiger partial charge in [0.2, 0.25) is 0 Å². The van der Waals surface area contributed by atoms with Crippen molar-refractivity contribution in [2.24, 2.45) is 56.7 Å². The lowest BCUT2D eigenvalue weighted by atomic mass is 9.33. The Morgan fingerprint density at radius 1 is 0.947 bits per heavy atom. The molecule has 0 saturated heterocycles. The van der Waals surface area contributed by atoms with Gasteiger partial charge in [-0.2, -0.15) is 0 Å². The molecule has 12 atom stereocenters. The van der Waals surface area contributed by atoms with Crippen LogP contribution in [0.4, 0.5) is 0 Å². The quantitative estimate of drug-likeness (QED) is 0.308. The fraction of sp³-hybridized carbons (Fsp3) is 0.879. The maximum Gasteiger partial charge on any atom is 0.313 e. The summed E-state index contributed by atoms with van der Waals surface area (Å²) in [7, 11) is 1.85. The molecule has 0 aliphatic heterocycles. The van der Waals surface area contributed by atoms with Crippen LogP contribution in [0.3, 0.4) is 0 Å². The van der Waals surface area contributed by atoms with Crippen molar-refractivity contribution < 1.29 is 24.2 Å². The van der Waals surface area contributed by atoms with E-state index in [0.717, 1.165) is 25.2 Å². The Balaban J connectivity index is 1.64. The zero-order chi connectivity index (χ0) is 28.1. The van der Waals surface area contributed by atoms with Crippen LogP contribution in [-0.2, 0) is 19.1 Å². The highest BCUT2D eigenvalue weighted by molar-refractivity contribution is 5.77. The lowest BCUT2D eigenvalue weighted by Crippen LogP contribution is -2.69. The Morgan fingerprint density at radius 3 is 2.24 bits per heavy atom. The summed E-state index contributed by atoms with van der Waals surface area (Å²) in [6.45, 7) is 18.1. The molecule has 0 aromatic heterocycles. The zero-order valence-electron chi connectivity index (χ0n) is 25.4. The summed E-state index contributed by atoms with van der Waals surface area (Å²) >= 11 is 0. The number of ether oxygens (including phenoxy) is 2. The Hall–Kier alpha value is -1.36. The number of hydrogen-bond acceptors (Lipinski definition) is 4. The van der Waals surface area contributed by atoms with Crippen molar-refractivity contribution in [3.05, 3.63) is 11.6 Å². The molecule has 0 bridgehead atoms. The van der Waals surface area contributed by atoms with Crippen LogP contribution in [0, 0.1) is 56.7 Å². The van der Waals surface area contributed by atoms with Crippen LogP contribution in [0.5, 0.6) is 0 Å². The van der Waals surface area contributed by atoms with Crippen LogP contribution in [-0.4, -0.2) is 36.4 Å². The van der Waals surface area contributed by atoms with E-state index < -0.39 is 17.5 Å². The van der Waals surface area contributed by atoms with Gasteiger partial charge in [-0.15, -0.1) is 0 Å². The molecule has 0 aromatic rings. The molecule has 5 aliphatic carbocycles. The largest absolute Gasteiger partial charge is 0.481 e.